The van der Waals surface area contributed by atoms with Gasteiger partial charge >= 0.3 is 0 Å². The Balaban J connectivity index is 2.08. The summed E-state index contributed by atoms with van der Waals surface area (Å²) >= 11 is 29.3. The van der Waals surface area contributed by atoms with Crippen molar-refractivity contribution in [3.8, 4) is 11.5 Å². The molecule has 33 heavy (non-hydrogen) atoms. The summed E-state index contributed by atoms with van der Waals surface area (Å²) in [4.78, 5) is 22.9. The van der Waals surface area contributed by atoms with Crippen molar-refractivity contribution in [2.45, 2.75) is 16.4 Å². The lowest BCUT2D eigenvalue weighted by atomic mass is 10.1. The van der Waals surface area contributed by atoms with Crippen LogP contribution in [0.2, 0.25) is 5.02 Å². The number of nitrogens with one attached hydrogen (secondary N) is 3. The van der Waals surface area contributed by atoms with Gasteiger partial charge in [0, 0.05) is 23.8 Å². The van der Waals surface area contributed by atoms with E-state index >= 15 is 0 Å². The molecule has 2 aromatic rings. The highest BCUT2D eigenvalue weighted by molar-refractivity contribution is 7.80. The standard InChI is InChI=1S/C19H18Cl4N4O5S/c1-31-12-5-3-10(15(9-12)32-2)7-16(28)25-17(19(21,22)23)26-18(33)24-14-6-4-11(27(29)30)8-13(14)20/h3-6,8-9,17H,7H2,1-2H3,(H,25,28)(H2,24,26,33). The molecule has 178 valence electrons. The third kappa shape index (κ3) is 7.94. The number of carbonyl (C=O) groups is 1. The van der Waals surface area contributed by atoms with Crippen LogP contribution in [0.25, 0.3) is 0 Å². The molecular weight excluding hydrogens is 538 g/mol. The normalized spacial score (nSPS) is 11.8. The Hall–Kier alpha value is -2.24. The number of alkyl halides is 3. The van der Waals surface area contributed by atoms with E-state index in [-0.39, 0.29) is 27.9 Å². The van der Waals surface area contributed by atoms with E-state index in [1.165, 1.54) is 26.4 Å². The topological polar surface area (TPSA) is 115 Å². The highest BCUT2D eigenvalue weighted by Gasteiger charge is 2.35. The Bertz CT molecular complexity index is 1050. The van der Waals surface area contributed by atoms with Gasteiger partial charge in [0.15, 0.2) is 5.11 Å². The van der Waals surface area contributed by atoms with Crippen LogP contribution in [0.15, 0.2) is 36.4 Å². The number of non-ortho nitro benzene ring substituents is 1. The Morgan fingerprint density at radius 3 is 2.39 bits per heavy atom. The lowest BCUT2D eigenvalue weighted by molar-refractivity contribution is -0.384. The number of anilines is 1. The van der Waals surface area contributed by atoms with Gasteiger partial charge in [-0.3, -0.25) is 14.9 Å². The molecule has 3 N–H and O–H groups in total. The summed E-state index contributed by atoms with van der Waals surface area (Å²) < 4.78 is 8.44. The molecule has 2 rings (SSSR count). The maximum absolute atomic E-state index is 12.6. The van der Waals surface area contributed by atoms with Crippen molar-refractivity contribution in [2.24, 2.45) is 0 Å². The number of hydrogen-bond donors (Lipinski definition) is 3. The number of methoxy groups -OCH3 is 2. The molecule has 1 atom stereocenters. The third-order valence-electron chi connectivity index (χ3n) is 4.17. The molecular formula is C19H18Cl4N4O5S. The highest BCUT2D eigenvalue weighted by Crippen LogP contribution is 2.30. The Morgan fingerprint density at radius 2 is 1.85 bits per heavy atom. The molecule has 0 spiro atoms. The summed E-state index contributed by atoms with van der Waals surface area (Å²) in [5, 5.41) is 18.8. The van der Waals surface area contributed by atoms with E-state index in [1.54, 1.807) is 18.2 Å². The molecule has 0 heterocycles. The molecule has 9 nitrogen and oxygen atoms in total. The molecule has 2 aromatic carbocycles. The number of amides is 1. The lowest BCUT2D eigenvalue weighted by Crippen LogP contribution is -2.56. The first-order chi connectivity index (χ1) is 15.4. The van der Waals surface area contributed by atoms with Crippen molar-refractivity contribution in [2.75, 3.05) is 19.5 Å². The van der Waals surface area contributed by atoms with Gasteiger partial charge in [0.25, 0.3) is 5.69 Å². The average molecular weight is 556 g/mol. The van der Waals surface area contributed by atoms with Gasteiger partial charge in [0.2, 0.25) is 9.70 Å². The SMILES string of the molecule is COc1ccc(CC(=O)NC(NC(=S)Nc2ccc([N+](=O)[O-])cc2Cl)C(Cl)(Cl)Cl)c(OC)c1. The zero-order valence-electron chi connectivity index (χ0n) is 17.2. The Morgan fingerprint density at radius 1 is 1.15 bits per heavy atom. The second-order valence-electron chi connectivity index (χ2n) is 6.42. The van der Waals surface area contributed by atoms with Crippen molar-refractivity contribution >= 4 is 81.0 Å². The molecule has 0 radical (unpaired) electrons. The van der Waals surface area contributed by atoms with Crippen LogP contribution >= 0.6 is 58.6 Å². The van der Waals surface area contributed by atoms with Crippen LogP contribution in [0.1, 0.15) is 5.56 Å². The number of benzene rings is 2. The van der Waals surface area contributed by atoms with Gasteiger partial charge in [-0.25, -0.2) is 0 Å². The van der Waals surface area contributed by atoms with Crippen LogP contribution in [-0.4, -0.2) is 40.1 Å². The summed E-state index contributed by atoms with van der Waals surface area (Å²) in [7, 11) is 2.98. The predicted octanol–water partition coefficient (Wildman–Crippen LogP) is 4.61. The number of thiocarbonyl (C=S) groups is 1. The van der Waals surface area contributed by atoms with E-state index in [0.29, 0.717) is 17.1 Å². The fourth-order valence-corrected chi connectivity index (χ4v) is 3.37. The fraction of sp³-hybridized carbons (Fsp3) is 0.263. The van der Waals surface area contributed by atoms with Crippen LogP contribution in [0.3, 0.4) is 0 Å². The van der Waals surface area contributed by atoms with Gasteiger partial charge in [0.1, 0.15) is 17.7 Å². The number of nitrogens with zero attached hydrogens (tertiary/aromatic N) is 1. The first kappa shape index (κ1) is 27.0. The number of nitro benzene ring substituents is 1. The Kier molecular flexibility index (Phi) is 9.62. The minimum absolute atomic E-state index is 0.0504. The van der Waals surface area contributed by atoms with Crippen LogP contribution in [0.4, 0.5) is 11.4 Å². The minimum atomic E-state index is -1.98. The van der Waals surface area contributed by atoms with E-state index in [2.05, 4.69) is 16.0 Å². The third-order valence-corrected chi connectivity index (χ3v) is 5.35. The number of rotatable bonds is 8. The van der Waals surface area contributed by atoms with Crippen molar-refractivity contribution in [1.82, 2.24) is 10.6 Å². The second kappa shape index (κ2) is 11.8. The van der Waals surface area contributed by atoms with E-state index < -0.39 is 20.8 Å². The predicted molar refractivity (Wildman–Crippen MR) is 133 cm³/mol. The molecule has 0 aromatic heterocycles. The number of nitro groups is 1. The Labute approximate surface area is 214 Å². The van der Waals surface area contributed by atoms with Crippen molar-refractivity contribution in [3.63, 3.8) is 0 Å². The largest absolute Gasteiger partial charge is 0.497 e. The zero-order chi connectivity index (χ0) is 24.8. The summed E-state index contributed by atoms with van der Waals surface area (Å²) in [6.45, 7) is 0. The molecule has 0 fully saturated rings. The zero-order valence-corrected chi connectivity index (χ0v) is 21.0. The number of halogens is 4. The number of hydrogen-bond acceptors (Lipinski definition) is 6. The van der Waals surface area contributed by atoms with Crippen molar-refractivity contribution in [1.29, 1.82) is 0 Å². The van der Waals surface area contributed by atoms with E-state index in [1.807, 2.05) is 0 Å². The molecule has 1 amide bonds. The molecule has 0 aliphatic rings. The summed E-state index contributed by atoms with van der Waals surface area (Å²) in [6, 6.07) is 8.77. The molecule has 1 unspecified atom stereocenters. The van der Waals surface area contributed by atoms with E-state index in [4.69, 9.17) is 68.1 Å². The summed E-state index contributed by atoms with van der Waals surface area (Å²) in [6.07, 6.45) is -1.31. The molecule has 0 aliphatic heterocycles. The number of ether oxygens (including phenoxy) is 2. The monoisotopic (exact) mass is 554 g/mol. The number of carbonyl (C=O) groups excluding carboxylic acids is 1. The lowest BCUT2D eigenvalue weighted by Gasteiger charge is -2.28. The molecule has 14 heteroatoms. The van der Waals surface area contributed by atoms with Gasteiger partial charge < -0.3 is 25.4 Å². The van der Waals surface area contributed by atoms with Crippen LogP contribution in [0, 0.1) is 10.1 Å². The van der Waals surface area contributed by atoms with E-state index in [0.717, 1.165) is 6.07 Å². The van der Waals surface area contributed by atoms with Crippen molar-refractivity contribution < 1.29 is 19.2 Å². The summed E-state index contributed by atoms with van der Waals surface area (Å²) in [5.41, 5.74) is 0.666. The van der Waals surface area contributed by atoms with Crippen LogP contribution in [-0.2, 0) is 11.2 Å². The maximum atomic E-state index is 12.6. The molecule has 0 aliphatic carbocycles. The van der Waals surface area contributed by atoms with Gasteiger partial charge in [-0.2, -0.15) is 0 Å². The van der Waals surface area contributed by atoms with Crippen LogP contribution < -0.4 is 25.4 Å². The smallest absolute Gasteiger partial charge is 0.271 e. The van der Waals surface area contributed by atoms with Gasteiger partial charge in [-0.05, 0) is 24.4 Å². The fourth-order valence-electron chi connectivity index (χ4n) is 2.59. The molecule has 0 saturated carbocycles. The second-order valence-corrected chi connectivity index (χ2v) is 9.60. The maximum Gasteiger partial charge on any atom is 0.271 e. The van der Waals surface area contributed by atoms with Crippen LogP contribution in [0.5, 0.6) is 11.5 Å². The van der Waals surface area contributed by atoms with Gasteiger partial charge in [-0.1, -0.05) is 52.5 Å². The van der Waals surface area contributed by atoms with Crippen molar-refractivity contribution in [3.05, 3.63) is 57.1 Å². The first-order valence-corrected chi connectivity index (χ1v) is 10.9. The van der Waals surface area contributed by atoms with Gasteiger partial charge in [0.05, 0.1) is 36.3 Å². The van der Waals surface area contributed by atoms with Gasteiger partial charge in [-0.15, -0.1) is 0 Å². The minimum Gasteiger partial charge on any atom is -0.497 e. The first-order valence-electron chi connectivity index (χ1n) is 9.03. The summed E-state index contributed by atoms with van der Waals surface area (Å²) in [5.74, 6) is 0.532. The quantitative estimate of drug-likeness (QED) is 0.142. The molecule has 0 bridgehead atoms. The average Bonchev–Trinajstić information content (AvgIpc) is 2.74. The molecule has 0 saturated heterocycles. The highest BCUT2D eigenvalue weighted by atomic mass is 35.6. The van der Waals surface area contributed by atoms with E-state index in [9.17, 15) is 14.9 Å².